The predicted molar refractivity (Wildman–Crippen MR) is 150 cm³/mol. The zero-order valence-corrected chi connectivity index (χ0v) is 20.5. The Morgan fingerprint density at radius 3 is 2.00 bits per heavy atom. The van der Waals surface area contributed by atoms with Crippen molar-refractivity contribution in [2.24, 2.45) is 0 Å². The third-order valence-corrected chi connectivity index (χ3v) is 7.01. The lowest BCUT2D eigenvalue weighted by Gasteiger charge is -2.43. The first-order chi connectivity index (χ1) is 17.7. The first kappa shape index (κ1) is 22.2. The number of para-hydroxylation sites is 3. The zero-order valence-electron chi connectivity index (χ0n) is 20.5. The topological polar surface area (TPSA) is 29.0 Å². The number of hydrogen-bond acceptors (Lipinski definition) is 3. The van der Waals surface area contributed by atoms with E-state index in [1.807, 2.05) is 30.3 Å². The molecule has 0 saturated heterocycles. The number of nitrogens with zero attached hydrogens (tertiary/aromatic N) is 3. The number of rotatable bonds is 5. The van der Waals surface area contributed by atoms with Crippen molar-refractivity contribution in [1.29, 1.82) is 0 Å². The van der Waals surface area contributed by atoms with Crippen LogP contribution in [-0.4, -0.2) is 15.5 Å². The monoisotopic (exact) mass is 467 g/mol. The molecule has 0 spiro atoms. The first-order valence-electron chi connectivity index (χ1n) is 12.7. The van der Waals surface area contributed by atoms with Crippen molar-refractivity contribution in [2.75, 3.05) is 4.90 Å². The minimum Gasteiger partial charge on any atom is -0.332 e. The quantitative estimate of drug-likeness (QED) is 0.297. The molecule has 3 aromatic carbocycles. The summed E-state index contributed by atoms with van der Waals surface area (Å²) in [6.45, 7) is 2.32. The Hall–Kier alpha value is -4.24. The van der Waals surface area contributed by atoms with Crippen molar-refractivity contribution < 1.29 is 0 Å². The molecule has 1 atom stereocenters. The molecule has 0 bridgehead atoms. The summed E-state index contributed by atoms with van der Waals surface area (Å²) in [4.78, 5) is 12.6. The molecule has 0 fully saturated rings. The average Bonchev–Trinajstić information content (AvgIpc) is 2.94. The second kappa shape index (κ2) is 9.43. The summed E-state index contributed by atoms with van der Waals surface area (Å²) < 4.78 is 0. The SMILES string of the molecule is CC1(N(C2=CCCC=C2)c2ccccc2)C=CC(c2nc3ccccc3nc2-c2ccccc2)=CC1. The summed E-state index contributed by atoms with van der Waals surface area (Å²) in [7, 11) is 0. The Morgan fingerprint density at radius 2 is 1.36 bits per heavy atom. The summed E-state index contributed by atoms with van der Waals surface area (Å²) >= 11 is 0. The van der Waals surface area contributed by atoms with E-state index >= 15 is 0 Å². The predicted octanol–water partition coefficient (Wildman–Crippen LogP) is 8.14. The summed E-state index contributed by atoms with van der Waals surface area (Å²) in [5.41, 5.74) is 8.14. The van der Waals surface area contributed by atoms with Crippen LogP contribution in [0.15, 0.2) is 127 Å². The molecule has 1 unspecified atom stereocenters. The van der Waals surface area contributed by atoms with Gasteiger partial charge in [0.15, 0.2) is 0 Å². The van der Waals surface area contributed by atoms with Gasteiger partial charge in [-0.15, -0.1) is 0 Å². The van der Waals surface area contributed by atoms with Gasteiger partial charge in [-0.3, -0.25) is 0 Å². The fourth-order valence-corrected chi connectivity index (χ4v) is 5.14. The Labute approximate surface area is 212 Å². The second-order valence-electron chi connectivity index (χ2n) is 9.61. The number of allylic oxidation sites excluding steroid dienone is 5. The van der Waals surface area contributed by atoms with Gasteiger partial charge in [-0.1, -0.05) is 91.0 Å². The standard InChI is InChI=1S/C33H29N3/c1-33(36(27-15-7-3-8-16-27)28-17-9-4-10-18-28)23-21-26(22-24-33)32-31(25-13-5-2-6-14-25)34-29-19-11-12-20-30(29)35-32/h2-3,5-9,11-23H,4,10,24H2,1H3. The van der Waals surface area contributed by atoms with Crippen LogP contribution in [0.1, 0.15) is 31.9 Å². The van der Waals surface area contributed by atoms with Gasteiger partial charge in [-0.2, -0.15) is 0 Å². The Kier molecular flexibility index (Phi) is 5.82. The van der Waals surface area contributed by atoms with Gasteiger partial charge >= 0.3 is 0 Å². The van der Waals surface area contributed by atoms with Crippen LogP contribution in [0, 0.1) is 0 Å². The minimum atomic E-state index is -0.199. The van der Waals surface area contributed by atoms with Gasteiger partial charge < -0.3 is 4.90 Å². The van der Waals surface area contributed by atoms with E-state index in [2.05, 4.69) is 103 Å². The van der Waals surface area contributed by atoms with Crippen LogP contribution in [0.2, 0.25) is 0 Å². The molecule has 0 aliphatic heterocycles. The molecule has 3 nitrogen and oxygen atoms in total. The van der Waals surface area contributed by atoms with Crippen molar-refractivity contribution in [3.63, 3.8) is 0 Å². The second-order valence-corrected chi connectivity index (χ2v) is 9.61. The van der Waals surface area contributed by atoms with Crippen LogP contribution in [0.3, 0.4) is 0 Å². The molecule has 0 amide bonds. The first-order valence-corrected chi connectivity index (χ1v) is 12.7. The van der Waals surface area contributed by atoms with Crippen molar-refractivity contribution in [2.45, 2.75) is 31.7 Å². The maximum Gasteiger partial charge on any atom is 0.0972 e. The van der Waals surface area contributed by atoms with Crippen LogP contribution in [0.4, 0.5) is 5.69 Å². The molecular formula is C33H29N3. The van der Waals surface area contributed by atoms with Crippen LogP contribution in [0.25, 0.3) is 27.9 Å². The lowest BCUT2D eigenvalue weighted by atomic mass is 9.85. The summed E-state index contributed by atoms with van der Waals surface area (Å²) in [5.74, 6) is 0. The third-order valence-electron chi connectivity index (χ3n) is 7.01. The van der Waals surface area contributed by atoms with E-state index in [1.165, 1.54) is 11.4 Å². The zero-order chi connectivity index (χ0) is 24.4. The lowest BCUT2D eigenvalue weighted by molar-refractivity contribution is 0.555. The molecule has 36 heavy (non-hydrogen) atoms. The van der Waals surface area contributed by atoms with E-state index in [1.54, 1.807) is 0 Å². The van der Waals surface area contributed by atoms with E-state index in [9.17, 15) is 0 Å². The summed E-state index contributed by atoms with van der Waals surface area (Å²) in [6.07, 6.45) is 16.8. The van der Waals surface area contributed by atoms with E-state index < -0.39 is 0 Å². The molecule has 2 aliphatic rings. The molecule has 1 aromatic heterocycles. The number of anilines is 1. The molecule has 0 N–H and O–H groups in total. The highest BCUT2D eigenvalue weighted by Gasteiger charge is 2.33. The molecule has 1 heterocycles. The van der Waals surface area contributed by atoms with Gasteiger partial charge in [0.05, 0.1) is 28.0 Å². The van der Waals surface area contributed by atoms with E-state index in [4.69, 9.17) is 9.97 Å². The molecule has 0 radical (unpaired) electrons. The van der Waals surface area contributed by atoms with Gasteiger partial charge in [0.1, 0.15) is 0 Å². The average molecular weight is 468 g/mol. The van der Waals surface area contributed by atoms with Crippen LogP contribution >= 0.6 is 0 Å². The molecular weight excluding hydrogens is 438 g/mol. The van der Waals surface area contributed by atoms with Gasteiger partial charge in [0.25, 0.3) is 0 Å². The summed E-state index contributed by atoms with van der Waals surface area (Å²) in [6, 6.07) is 29.2. The minimum absolute atomic E-state index is 0.199. The fourth-order valence-electron chi connectivity index (χ4n) is 5.14. The normalized spacial score (nSPS) is 19.1. The van der Waals surface area contributed by atoms with Crippen LogP contribution in [-0.2, 0) is 0 Å². The van der Waals surface area contributed by atoms with Gasteiger partial charge in [0, 0.05) is 16.9 Å². The molecule has 3 heteroatoms. The maximum atomic E-state index is 5.10. The van der Waals surface area contributed by atoms with Crippen molar-refractivity contribution >= 4 is 22.3 Å². The van der Waals surface area contributed by atoms with E-state index in [-0.39, 0.29) is 5.54 Å². The van der Waals surface area contributed by atoms with Crippen molar-refractivity contribution in [1.82, 2.24) is 9.97 Å². The number of hydrogen-bond donors (Lipinski definition) is 0. The highest BCUT2D eigenvalue weighted by molar-refractivity contribution is 5.88. The molecule has 6 rings (SSSR count). The van der Waals surface area contributed by atoms with Crippen molar-refractivity contribution in [3.8, 4) is 11.3 Å². The number of benzene rings is 3. The van der Waals surface area contributed by atoms with E-state index in [0.717, 1.165) is 52.8 Å². The van der Waals surface area contributed by atoms with Gasteiger partial charge in [0.2, 0.25) is 0 Å². The number of aromatic nitrogens is 2. The summed E-state index contributed by atoms with van der Waals surface area (Å²) in [5, 5.41) is 0. The van der Waals surface area contributed by atoms with Crippen LogP contribution in [0.5, 0.6) is 0 Å². The van der Waals surface area contributed by atoms with Crippen LogP contribution < -0.4 is 4.90 Å². The molecule has 0 saturated carbocycles. The smallest absolute Gasteiger partial charge is 0.0972 e. The lowest BCUT2D eigenvalue weighted by Crippen LogP contribution is -2.44. The molecule has 2 aliphatic carbocycles. The van der Waals surface area contributed by atoms with E-state index in [0.29, 0.717) is 0 Å². The fraction of sp³-hybridized carbons (Fsp3) is 0.152. The maximum absolute atomic E-state index is 5.10. The largest absolute Gasteiger partial charge is 0.332 e. The Balaban J connectivity index is 1.42. The Morgan fingerprint density at radius 1 is 0.694 bits per heavy atom. The van der Waals surface area contributed by atoms with Gasteiger partial charge in [-0.25, -0.2) is 9.97 Å². The Bertz CT molecular complexity index is 1510. The molecule has 4 aromatic rings. The van der Waals surface area contributed by atoms with Crippen molar-refractivity contribution in [3.05, 3.63) is 133 Å². The highest BCUT2D eigenvalue weighted by atomic mass is 15.2. The third kappa shape index (κ3) is 4.18. The highest BCUT2D eigenvalue weighted by Crippen LogP contribution is 2.39. The van der Waals surface area contributed by atoms with Gasteiger partial charge in [-0.05, 0) is 62.1 Å². The molecule has 176 valence electrons. The number of fused-ring (bicyclic) bond motifs is 1.